The summed E-state index contributed by atoms with van der Waals surface area (Å²) in [4.78, 5) is 27.9. The van der Waals surface area contributed by atoms with E-state index in [0.717, 1.165) is 0 Å². The van der Waals surface area contributed by atoms with Gasteiger partial charge in [0, 0.05) is 13.1 Å². The molecular formula is C17H20N2O5. The average Bonchev–Trinajstić information content (AvgIpc) is 3.08. The first kappa shape index (κ1) is 16.3. The van der Waals surface area contributed by atoms with Crippen molar-refractivity contribution in [2.24, 2.45) is 0 Å². The Kier molecular flexibility index (Phi) is 4.19. The third-order valence-corrected chi connectivity index (χ3v) is 4.18. The molecule has 0 radical (unpaired) electrons. The number of carbonyl (C=O) groups excluding carboxylic acids is 2. The molecule has 0 aromatic heterocycles. The van der Waals surface area contributed by atoms with Crippen LogP contribution in [0.15, 0.2) is 29.5 Å². The summed E-state index contributed by atoms with van der Waals surface area (Å²) in [5.74, 6) is -0.119. The summed E-state index contributed by atoms with van der Waals surface area (Å²) < 4.78 is 10.7. The minimum Gasteiger partial charge on any atom is -0.503 e. The number of rotatable bonds is 5. The van der Waals surface area contributed by atoms with E-state index in [4.69, 9.17) is 9.47 Å². The highest BCUT2D eigenvalue weighted by atomic mass is 16.7. The van der Waals surface area contributed by atoms with Gasteiger partial charge in [-0.2, -0.15) is 0 Å². The van der Waals surface area contributed by atoms with Gasteiger partial charge in [0.15, 0.2) is 23.0 Å². The van der Waals surface area contributed by atoms with Gasteiger partial charge >= 0.3 is 0 Å². The van der Waals surface area contributed by atoms with Crippen LogP contribution in [0.4, 0.5) is 0 Å². The Morgan fingerprint density at radius 1 is 1.33 bits per heavy atom. The summed E-state index contributed by atoms with van der Waals surface area (Å²) in [5, 5.41) is 10.2. The number of fused-ring (bicyclic) bond motifs is 1. The topological polar surface area (TPSA) is 79.3 Å². The number of likely N-dealkylation sites (N-methyl/N-ethyl adjacent to an activating group) is 1. The Hall–Kier alpha value is -2.54. The highest BCUT2D eigenvalue weighted by Crippen LogP contribution is 2.41. The predicted molar refractivity (Wildman–Crippen MR) is 85.9 cm³/mol. The number of hydrogen-bond acceptors (Lipinski definition) is 6. The zero-order valence-electron chi connectivity index (χ0n) is 13.9. The van der Waals surface area contributed by atoms with Crippen molar-refractivity contribution in [1.82, 2.24) is 9.80 Å². The van der Waals surface area contributed by atoms with Crippen molar-refractivity contribution in [3.8, 4) is 11.5 Å². The molecule has 7 heteroatoms. The highest BCUT2D eigenvalue weighted by molar-refractivity contribution is 6.08. The number of Topliss-reactive ketones (excluding diaryl/α,β-unsaturated/α-hetero) is 1. The minimum atomic E-state index is -0.621. The molecule has 1 amide bonds. The van der Waals surface area contributed by atoms with Gasteiger partial charge in [-0.15, -0.1) is 0 Å². The van der Waals surface area contributed by atoms with Crippen molar-refractivity contribution in [3.05, 3.63) is 35.1 Å². The van der Waals surface area contributed by atoms with Crippen molar-refractivity contribution < 1.29 is 24.2 Å². The Morgan fingerprint density at radius 3 is 2.71 bits per heavy atom. The second kappa shape index (κ2) is 6.16. The Morgan fingerprint density at radius 2 is 2.04 bits per heavy atom. The number of benzene rings is 1. The molecule has 0 bridgehead atoms. The molecule has 128 valence electrons. The Labute approximate surface area is 140 Å². The van der Waals surface area contributed by atoms with Gasteiger partial charge < -0.3 is 24.4 Å². The Bertz CT molecular complexity index is 726. The van der Waals surface area contributed by atoms with E-state index in [1.54, 1.807) is 18.2 Å². The fourth-order valence-corrected chi connectivity index (χ4v) is 2.98. The maximum absolute atomic E-state index is 12.4. The van der Waals surface area contributed by atoms with Crippen LogP contribution in [0.3, 0.4) is 0 Å². The van der Waals surface area contributed by atoms with Gasteiger partial charge in [-0.3, -0.25) is 9.59 Å². The number of hydrogen-bond donors (Lipinski definition) is 1. The summed E-state index contributed by atoms with van der Waals surface area (Å²) in [5.41, 5.74) is 0.832. The number of aliphatic hydroxyl groups excluding tert-OH is 1. The van der Waals surface area contributed by atoms with E-state index in [2.05, 4.69) is 0 Å². The molecule has 2 aliphatic heterocycles. The normalized spacial score (nSPS) is 19.6. The third-order valence-electron chi connectivity index (χ3n) is 4.18. The molecule has 0 saturated carbocycles. The van der Waals surface area contributed by atoms with Crippen molar-refractivity contribution in [2.75, 3.05) is 34.0 Å². The molecule has 0 fully saturated rings. The summed E-state index contributed by atoms with van der Waals surface area (Å²) >= 11 is 0. The molecule has 0 unspecified atom stereocenters. The number of aliphatic hydroxyl groups is 1. The zero-order valence-corrected chi connectivity index (χ0v) is 13.9. The summed E-state index contributed by atoms with van der Waals surface area (Å²) in [6.45, 7) is 2.51. The fourth-order valence-electron chi connectivity index (χ4n) is 2.98. The van der Waals surface area contributed by atoms with Gasteiger partial charge in [0.2, 0.25) is 6.79 Å². The molecular weight excluding hydrogens is 312 g/mol. The van der Waals surface area contributed by atoms with E-state index in [1.165, 1.54) is 11.8 Å². The molecule has 0 saturated heterocycles. The summed E-state index contributed by atoms with van der Waals surface area (Å²) in [6, 6.07) is 4.67. The first-order chi connectivity index (χ1) is 11.4. The number of carbonyl (C=O) groups is 2. The zero-order chi connectivity index (χ0) is 17.4. The molecule has 0 spiro atoms. The molecule has 3 rings (SSSR count). The number of amides is 1. The molecule has 1 aromatic carbocycles. The van der Waals surface area contributed by atoms with Crippen LogP contribution >= 0.6 is 0 Å². The lowest BCUT2D eigenvalue weighted by molar-refractivity contribution is -0.129. The van der Waals surface area contributed by atoms with Gasteiger partial charge in [0.1, 0.15) is 0 Å². The quantitative estimate of drug-likeness (QED) is 0.874. The van der Waals surface area contributed by atoms with E-state index in [9.17, 15) is 14.7 Å². The van der Waals surface area contributed by atoms with E-state index in [1.807, 2.05) is 19.0 Å². The summed E-state index contributed by atoms with van der Waals surface area (Å²) in [6.07, 6.45) is 0. The molecule has 24 heavy (non-hydrogen) atoms. The Balaban J connectivity index is 2.01. The smallest absolute Gasteiger partial charge is 0.290 e. The molecule has 7 nitrogen and oxygen atoms in total. The fraction of sp³-hybridized carbons (Fsp3) is 0.412. The average molecular weight is 332 g/mol. The van der Waals surface area contributed by atoms with Crippen LogP contribution in [0.5, 0.6) is 11.5 Å². The molecule has 2 heterocycles. The van der Waals surface area contributed by atoms with Gasteiger partial charge in [-0.05, 0) is 38.7 Å². The van der Waals surface area contributed by atoms with Crippen LogP contribution < -0.4 is 9.47 Å². The van der Waals surface area contributed by atoms with Crippen molar-refractivity contribution in [3.63, 3.8) is 0 Å². The van der Waals surface area contributed by atoms with Crippen LogP contribution in [0.25, 0.3) is 0 Å². The summed E-state index contributed by atoms with van der Waals surface area (Å²) in [7, 11) is 3.80. The first-order valence-corrected chi connectivity index (χ1v) is 7.69. The van der Waals surface area contributed by atoms with Gasteiger partial charge in [0.05, 0.1) is 11.6 Å². The van der Waals surface area contributed by atoms with Crippen molar-refractivity contribution in [2.45, 2.75) is 13.0 Å². The monoisotopic (exact) mass is 332 g/mol. The number of ketones is 1. The van der Waals surface area contributed by atoms with E-state index < -0.39 is 17.7 Å². The van der Waals surface area contributed by atoms with Gasteiger partial charge in [-0.25, -0.2) is 0 Å². The van der Waals surface area contributed by atoms with Gasteiger partial charge in [0.25, 0.3) is 5.91 Å². The van der Waals surface area contributed by atoms with Crippen LogP contribution in [0.2, 0.25) is 0 Å². The molecule has 1 aromatic rings. The highest BCUT2D eigenvalue weighted by Gasteiger charge is 2.42. The number of ether oxygens (including phenoxy) is 2. The van der Waals surface area contributed by atoms with E-state index in [0.29, 0.717) is 30.2 Å². The van der Waals surface area contributed by atoms with Crippen LogP contribution in [-0.2, 0) is 9.59 Å². The second-order valence-corrected chi connectivity index (χ2v) is 6.14. The first-order valence-electron chi connectivity index (χ1n) is 7.69. The lowest BCUT2D eigenvalue weighted by atomic mass is 9.96. The SMILES string of the molecule is CC(=O)C1=C(O)C(=O)N(CCN(C)C)[C@@H]1c1ccc2c(c1)OCO2. The lowest BCUT2D eigenvalue weighted by Gasteiger charge is -2.27. The molecule has 1 atom stereocenters. The largest absolute Gasteiger partial charge is 0.503 e. The van der Waals surface area contributed by atoms with Crippen LogP contribution in [-0.4, -0.2) is 60.6 Å². The van der Waals surface area contributed by atoms with Crippen LogP contribution in [0.1, 0.15) is 18.5 Å². The standard InChI is InChI=1S/C17H20N2O5/c1-10(20)14-15(11-4-5-12-13(8-11)24-9-23-12)19(7-6-18(2)3)17(22)16(14)21/h4-5,8,15,21H,6-7,9H2,1-3H3/t15-/m1/s1. The van der Waals surface area contributed by atoms with Crippen LogP contribution in [0, 0.1) is 0 Å². The predicted octanol–water partition coefficient (Wildman–Crippen LogP) is 1.26. The van der Waals surface area contributed by atoms with Crippen molar-refractivity contribution >= 4 is 11.7 Å². The third kappa shape index (κ3) is 2.71. The minimum absolute atomic E-state index is 0.123. The number of nitrogens with zero attached hydrogens (tertiary/aromatic N) is 2. The molecule has 0 aliphatic carbocycles. The molecule has 2 aliphatic rings. The van der Waals surface area contributed by atoms with Gasteiger partial charge in [-0.1, -0.05) is 6.07 Å². The molecule has 1 N–H and O–H groups in total. The lowest BCUT2D eigenvalue weighted by Crippen LogP contribution is -2.36. The van der Waals surface area contributed by atoms with Crippen molar-refractivity contribution in [1.29, 1.82) is 0 Å². The van der Waals surface area contributed by atoms with E-state index >= 15 is 0 Å². The van der Waals surface area contributed by atoms with E-state index in [-0.39, 0.29) is 18.1 Å². The maximum atomic E-state index is 12.4. The maximum Gasteiger partial charge on any atom is 0.290 e. The second-order valence-electron chi connectivity index (χ2n) is 6.14.